The monoisotopic (exact) mass is 564 g/mol. The van der Waals surface area contributed by atoms with Crippen LogP contribution in [0, 0.1) is 0 Å². The number of hydrogen-bond donors (Lipinski definition) is 0. The van der Waals surface area contributed by atoms with Crippen LogP contribution in [0.3, 0.4) is 0 Å². The molecule has 3 aromatic carbocycles. The molecule has 0 heterocycles. The second-order valence-electron chi connectivity index (χ2n) is 9.88. The fourth-order valence-corrected chi connectivity index (χ4v) is 19.6. The summed E-state index contributed by atoms with van der Waals surface area (Å²) < 4.78 is 12.8. The van der Waals surface area contributed by atoms with Crippen molar-refractivity contribution in [3.63, 3.8) is 0 Å². The van der Waals surface area contributed by atoms with Gasteiger partial charge in [-0.15, -0.1) is 0 Å². The van der Waals surface area contributed by atoms with Gasteiger partial charge < -0.3 is 0 Å². The molecule has 3 rings (SSSR count). The zero-order valence-corrected chi connectivity index (χ0v) is 24.5. The van der Waals surface area contributed by atoms with Crippen molar-refractivity contribution in [1.82, 2.24) is 0 Å². The first-order chi connectivity index (χ1) is 16.7. The van der Waals surface area contributed by atoms with Gasteiger partial charge in [-0.2, -0.15) is 0 Å². The Hall–Kier alpha value is -1.58. The van der Waals surface area contributed by atoms with Crippen LogP contribution in [0.5, 0.6) is 0 Å². The van der Waals surface area contributed by atoms with E-state index in [9.17, 15) is 0 Å². The van der Waals surface area contributed by atoms with Crippen LogP contribution in [0.25, 0.3) is 0 Å². The van der Waals surface area contributed by atoms with Gasteiger partial charge in [0.2, 0.25) is 0 Å². The molecular formula is C32H44OSn. The van der Waals surface area contributed by atoms with Gasteiger partial charge in [0.25, 0.3) is 0 Å². The van der Waals surface area contributed by atoms with Crippen LogP contribution >= 0.6 is 0 Å². The molecule has 0 saturated heterocycles. The van der Waals surface area contributed by atoms with E-state index in [4.69, 9.17) is 4.74 Å². The summed E-state index contributed by atoms with van der Waals surface area (Å²) in [7, 11) is 0. The van der Waals surface area contributed by atoms with E-state index in [1.165, 1.54) is 68.5 Å². The van der Waals surface area contributed by atoms with E-state index >= 15 is 0 Å². The molecule has 2 heteroatoms. The third-order valence-electron chi connectivity index (χ3n) is 7.32. The standard InChI is InChI=1S/C20H17O.3C4H9.Sn/c1-21-20(17-11-5-2-6-12-17,18-13-7-3-8-14-18)19-15-9-4-10-16-19;3*1-3-4-2;/h2-16H,1H2;3*1,3-4H2,2H3;. The SMILES string of the molecule is CCC[CH2][Sn]([CH2]CCC)([CH2]CCC)[CH2]OC(c1ccccc1)(c1ccccc1)c1ccccc1. The van der Waals surface area contributed by atoms with E-state index < -0.39 is 24.0 Å². The van der Waals surface area contributed by atoms with Gasteiger partial charge in [-0.1, -0.05) is 0 Å². The van der Waals surface area contributed by atoms with Crippen molar-refractivity contribution in [3.05, 3.63) is 108 Å². The third-order valence-corrected chi connectivity index (χ3v) is 21.6. The molecule has 34 heavy (non-hydrogen) atoms. The zero-order valence-electron chi connectivity index (χ0n) is 21.6. The first-order valence-electron chi connectivity index (χ1n) is 13.5. The molecule has 0 aliphatic heterocycles. The van der Waals surface area contributed by atoms with Crippen molar-refractivity contribution in [2.24, 2.45) is 0 Å². The minimum absolute atomic E-state index is 0.573. The molecule has 0 aliphatic rings. The second kappa shape index (κ2) is 14.1. The summed E-state index contributed by atoms with van der Waals surface area (Å²) in [4.78, 5) is 0. The van der Waals surface area contributed by atoms with Crippen LogP contribution in [0.4, 0.5) is 0 Å². The summed E-state index contributed by atoms with van der Waals surface area (Å²) in [5.74, 6) is 0. The van der Waals surface area contributed by atoms with E-state index in [0.29, 0.717) is 0 Å². The van der Waals surface area contributed by atoms with E-state index in [1.54, 1.807) is 0 Å². The van der Waals surface area contributed by atoms with E-state index in [-0.39, 0.29) is 0 Å². The van der Waals surface area contributed by atoms with Gasteiger partial charge in [-0.3, -0.25) is 0 Å². The molecule has 0 spiro atoms. The second-order valence-corrected chi connectivity index (χ2v) is 23.5. The molecular weight excluding hydrogens is 519 g/mol. The minimum atomic E-state index is -2.52. The summed E-state index contributed by atoms with van der Waals surface area (Å²) in [5, 5.41) is 0. The predicted molar refractivity (Wildman–Crippen MR) is 150 cm³/mol. The zero-order chi connectivity index (χ0) is 24.1. The molecule has 0 atom stereocenters. The van der Waals surface area contributed by atoms with Gasteiger partial charge in [0.05, 0.1) is 0 Å². The van der Waals surface area contributed by atoms with Crippen LogP contribution in [0.1, 0.15) is 76.0 Å². The first kappa shape index (κ1) is 27.0. The van der Waals surface area contributed by atoms with Crippen LogP contribution in [-0.4, -0.2) is 23.0 Å². The molecule has 1 nitrogen and oxygen atoms in total. The van der Waals surface area contributed by atoms with Gasteiger partial charge in [0.15, 0.2) is 0 Å². The van der Waals surface area contributed by atoms with Gasteiger partial charge in [-0.05, 0) is 0 Å². The summed E-state index contributed by atoms with van der Waals surface area (Å²) in [5.41, 5.74) is 3.12. The maximum absolute atomic E-state index is 7.44. The normalized spacial score (nSPS) is 12.1. The molecule has 0 aromatic heterocycles. The molecule has 0 fully saturated rings. The van der Waals surface area contributed by atoms with Crippen molar-refractivity contribution in [2.75, 3.05) is 4.62 Å². The van der Waals surface area contributed by atoms with E-state index in [2.05, 4.69) is 112 Å². The number of benzene rings is 3. The first-order valence-corrected chi connectivity index (χ1v) is 21.6. The maximum atomic E-state index is 7.44. The van der Waals surface area contributed by atoms with Gasteiger partial charge >= 0.3 is 214 Å². The summed E-state index contributed by atoms with van der Waals surface area (Å²) >= 11 is -2.52. The van der Waals surface area contributed by atoms with Crippen molar-refractivity contribution < 1.29 is 4.74 Å². The molecule has 0 amide bonds. The number of hydrogen-bond acceptors (Lipinski definition) is 1. The molecule has 182 valence electrons. The van der Waals surface area contributed by atoms with Gasteiger partial charge in [0, 0.05) is 0 Å². The molecule has 0 saturated carbocycles. The molecule has 0 aliphatic carbocycles. The van der Waals surface area contributed by atoms with Crippen LogP contribution in [-0.2, 0) is 10.3 Å². The Balaban J connectivity index is 2.12. The summed E-state index contributed by atoms with van der Waals surface area (Å²) in [6.45, 7) is 7.04. The fourth-order valence-electron chi connectivity index (χ4n) is 5.28. The Labute approximate surface area is 212 Å². The van der Waals surface area contributed by atoms with Crippen molar-refractivity contribution in [1.29, 1.82) is 0 Å². The molecule has 3 aromatic rings. The topological polar surface area (TPSA) is 9.23 Å². The Bertz CT molecular complexity index is 805. The summed E-state index contributed by atoms with van der Waals surface area (Å²) in [6, 6.07) is 32.8. The number of unbranched alkanes of at least 4 members (excludes halogenated alkanes) is 3. The molecule has 0 bridgehead atoms. The predicted octanol–water partition coefficient (Wildman–Crippen LogP) is 9.38. The quantitative estimate of drug-likeness (QED) is 0.132. The Kier molecular flexibility index (Phi) is 11.2. The Morgan fingerprint density at radius 1 is 0.529 bits per heavy atom. The van der Waals surface area contributed by atoms with Crippen molar-refractivity contribution in [2.45, 2.75) is 78.2 Å². The number of rotatable bonds is 15. The van der Waals surface area contributed by atoms with Gasteiger partial charge in [-0.25, -0.2) is 0 Å². The average molecular weight is 563 g/mol. The molecule has 0 radical (unpaired) electrons. The van der Waals surface area contributed by atoms with Crippen LogP contribution < -0.4 is 0 Å². The van der Waals surface area contributed by atoms with Crippen LogP contribution in [0.2, 0.25) is 13.3 Å². The van der Waals surface area contributed by atoms with Crippen molar-refractivity contribution >= 4 is 18.4 Å². The van der Waals surface area contributed by atoms with Crippen molar-refractivity contribution in [3.8, 4) is 0 Å². The third kappa shape index (κ3) is 6.76. The molecule has 0 unspecified atom stereocenters. The Morgan fingerprint density at radius 3 is 1.15 bits per heavy atom. The Morgan fingerprint density at radius 2 is 0.853 bits per heavy atom. The van der Waals surface area contributed by atoms with Crippen LogP contribution in [0.15, 0.2) is 91.0 Å². The summed E-state index contributed by atoms with van der Waals surface area (Å²) in [6.07, 6.45) is 7.96. The van der Waals surface area contributed by atoms with E-state index in [1.807, 2.05) is 0 Å². The van der Waals surface area contributed by atoms with E-state index in [0.717, 1.165) is 4.62 Å². The number of ether oxygens (including phenoxy) is 1. The fraction of sp³-hybridized carbons (Fsp3) is 0.438. The molecule has 0 N–H and O–H groups in total. The average Bonchev–Trinajstić information content (AvgIpc) is 2.91. The van der Waals surface area contributed by atoms with Gasteiger partial charge in [0.1, 0.15) is 0 Å².